The molecule has 0 radical (unpaired) electrons. The predicted molar refractivity (Wildman–Crippen MR) is 71.8 cm³/mol. The molecule has 1 aromatic rings. The Hall–Kier alpha value is -1.09. The first kappa shape index (κ1) is 14.3. The van der Waals surface area contributed by atoms with E-state index in [1.165, 1.54) is 6.07 Å². The lowest BCUT2D eigenvalue weighted by Gasteiger charge is -2.12. The molecule has 1 atom stereocenters. The van der Waals surface area contributed by atoms with Gasteiger partial charge in [0.15, 0.2) is 0 Å². The highest BCUT2D eigenvalue weighted by Crippen LogP contribution is 2.16. The van der Waals surface area contributed by atoms with E-state index >= 15 is 0 Å². The highest BCUT2D eigenvalue weighted by molar-refractivity contribution is 7.89. The second-order valence-electron chi connectivity index (χ2n) is 4.19. The maximum atomic E-state index is 13.4. The number of hydrogen-bond donors (Lipinski definition) is 2. The number of thiocarbonyl (C=S) groups is 1. The Bertz CT molecular complexity index is 598. The highest BCUT2D eigenvalue weighted by atomic mass is 32.2. The fraction of sp³-hybridized carbons (Fsp3) is 0.364. The molecule has 1 unspecified atom stereocenters. The molecule has 0 spiro atoms. The summed E-state index contributed by atoms with van der Waals surface area (Å²) < 4.78 is 45.2. The van der Waals surface area contributed by atoms with Crippen molar-refractivity contribution in [2.45, 2.75) is 17.4 Å². The van der Waals surface area contributed by atoms with Gasteiger partial charge in [-0.25, -0.2) is 17.5 Å². The maximum absolute atomic E-state index is 13.4. The van der Waals surface area contributed by atoms with Crippen LogP contribution in [-0.2, 0) is 14.8 Å². The molecule has 1 saturated heterocycles. The molecular weight excluding hydrogens is 291 g/mol. The van der Waals surface area contributed by atoms with Crippen molar-refractivity contribution < 1.29 is 17.5 Å². The molecule has 1 aliphatic rings. The molecule has 0 bridgehead atoms. The van der Waals surface area contributed by atoms with Crippen molar-refractivity contribution in [3.63, 3.8) is 0 Å². The van der Waals surface area contributed by atoms with Crippen LogP contribution in [0.15, 0.2) is 23.1 Å². The van der Waals surface area contributed by atoms with Crippen LogP contribution in [0.4, 0.5) is 4.39 Å². The summed E-state index contributed by atoms with van der Waals surface area (Å²) in [6.07, 6.45) is 0.614. The van der Waals surface area contributed by atoms with Gasteiger partial charge in [0, 0.05) is 18.2 Å². The van der Waals surface area contributed by atoms with E-state index in [9.17, 15) is 12.8 Å². The van der Waals surface area contributed by atoms with Crippen LogP contribution in [0.5, 0.6) is 0 Å². The number of halogens is 1. The van der Waals surface area contributed by atoms with Crippen molar-refractivity contribution in [1.29, 1.82) is 0 Å². The summed E-state index contributed by atoms with van der Waals surface area (Å²) in [5.74, 6) is -0.643. The van der Waals surface area contributed by atoms with Crippen molar-refractivity contribution in [2.24, 2.45) is 5.73 Å². The molecule has 1 heterocycles. The van der Waals surface area contributed by atoms with Gasteiger partial charge in [0.1, 0.15) is 10.8 Å². The van der Waals surface area contributed by atoms with Crippen molar-refractivity contribution in [3.8, 4) is 0 Å². The number of benzene rings is 1. The van der Waals surface area contributed by atoms with Crippen LogP contribution in [0.25, 0.3) is 0 Å². The molecule has 1 aromatic carbocycles. The summed E-state index contributed by atoms with van der Waals surface area (Å²) in [6, 6.07) is 3.09. The minimum absolute atomic E-state index is 0.0661. The molecule has 19 heavy (non-hydrogen) atoms. The summed E-state index contributed by atoms with van der Waals surface area (Å²) in [4.78, 5) is -0.248. The Morgan fingerprint density at radius 1 is 1.53 bits per heavy atom. The number of nitrogens with one attached hydrogen (secondary N) is 1. The monoisotopic (exact) mass is 304 g/mol. The number of hydrogen-bond acceptors (Lipinski definition) is 4. The first-order valence-electron chi connectivity index (χ1n) is 5.59. The van der Waals surface area contributed by atoms with Crippen LogP contribution in [-0.4, -0.2) is 32.7 Å². The van der Waals surface area contributed by atoms with Gasteiger partial charge in [-0.1, -0.05) is 12.2 Å². The van der Waals surface area contributed by atoms with Crippen molar-refractivity contribution in [1.82, 2.24) is 4.72 Å². The van der Waals surface area contributed by atoms with Gasteiger partial charge >= 0.3 is 0 Å². The lowest BCUT2D eigenvalue weighted by atomic mass is 10.2. The summed E-state index contributed by atoms with van der Waals surface area (Å²) >= 11 is 4.68. The van der Waals surface area contributed by atoms with Gasteiger partial charge in [-0.15, -0.1) is 0 Å². The molecule has 1 aliphatic heterocycles. The van der Waals surface area contributed by atoms with E-state index in [2.05, 4.69) is 16.9 Å². The number of nitrogens with two attached hydrogens (primary N) is 1. The zero-order valence-corrected chi connectivity index (χ0v) is 11.6. The molecule has 0 aromatic heterocycles. The molecule has 1 fully saturated rings. The van der Waals surface area contributed by atoms with Crippen molar-refractivity contribution in [3.05, 3.63) is 29.6 Å². The van der Waals surface area contributed by atoms with Gasteiger partial charge < -0.3 is 10.5 Å². The van der Waals surface area contributed by atoms with Crippen LogP contribution in [0.3, 0.4) is 0 Å². The van der Waals surface area contributed by atoms with E-state index in [4.69, 9.17) is 10.5 Å². The Labute approximate surface area is 116 Å². The third-order valence-electron chi connectivity index (χ3n) is 2.77. The Morgan fingerprint density at radius 2 is 2.26 bits per heavy atom. The van der Waals surface area contributed by atoms with Crippen molar-refractivity contribution in [2.75, 3.05) is 13.2 Å². The quantitative estimate of drug-likeness (QED) is 0.793. The van der Waals surface area contributed by atoms with E-state index in [1.54, 1.807) is 0 Å². The van der Waals surface area contributed by atoms with Gasteiger partial charge in [-0.05, 0) is 24.6 Å². The SMILES string of the molecule is NC(=S)c1cc(S(=O)(=O)NC2CCOC2)ccc1F. The number of rotatable bonds is 4. The second-order valence-corrected chi connectivity index (χ2v) is 6.34. The normalized spacial score (nSPS) is 19.5. The van der Waals surface area contributed by atoms with E-state index in [0.717, 1.165) is 12.1 Å². The molecule has 0 aliphatic carbocycles. The summed E-state index contributed by atoms with van der Waals surface area (Å²) in [7, 11) is -3.73. The Morgan fingerprint density at radius 3 is 2.84 bits per heavy atom. The van der Waals surface area contributed by atoms with Gasteiger partial charge in [-0.2, -0.15) is 0 Å². The average Bonchev–Trinajstić information content (AvgIpc) is 2.80. The van der Waals surface area contributed by atoms with Crippen LogP contribution in [0.2, 0.25) is 0 Å². The standard InChI is InChI=1S/C11H13FN2O3S2/c12-10-2-1-8(5-9(10)11(13)18)19(15,16)14-7-3-4-17-6-7/h1-2,5,7,14H,3-4,6H2,(H2,13,18). The summed E-state index contributed by atoms with van der Waals surface area (Å²) in [5, 5.41) is 0. The molecule has 104 valence electrons. The van der Waals surface area contributed by atoms with Gasteiger partial charge in [0.25, 0.3) is 0 Å². The fourth-order valence-corrected chi connectivity index (χ4v) is 3.21. The highest BCUT2D eigenvalue weighted by Gasteiger charge is 2.24. The summed E-state index contributed by atoms with van der Waals surface area (Å²) in [5.41, 5.74) is 5.26. The van der Waals surface area contributed by atoms with Crippen LogP contribution in [0, 0.1) is 5.82 Å². The molecule has 0 saturated carbocycles. The van der Waals surface area contributed by atoms with Gasteiger partial charge in [0.2, 0.25) is 10.0 Å². The average molecular weight is 304 g/mol. The molecule has 5 nitrogen and oxygen atoms in total. The number of ether oxygens (including phenoxy) is 1. The summed E-state index contributed by atoms with van der Waals surface area (Å²) in [6.45, 7) is 0.858. The van der Waals surface area contributed by atoms with E-state index in [0.29, 0.717) is 19.6 Å². The molecule has 0 amide bonds. The van der Waals surface area contributed by atoms with Crippen molar-refractivity contribution >= 4 is 27.2 Å². The minimum atomic E-state index is -3.73. The van der Waals surface area contributed by atoms with Crippen LogP contribution >= 0.6 is 12.2 Å². The lowest BCUT2D eigenvalue weighted by molar-refractivity contribution is 0.192. The predicted octanol–water partition coefficient (Wildman–Crippen LogP) is 0.527. The van der Waals surface area contributed by atoms with E-state index in [-0.39, 0.29) is 21.5 Å². The first-order valence-corrected chi connectivity index (χ1v) is 7.49. The second kappa shape index (κ2) is 5.49. The number of sulfonamides is 1. The minimum Gasteiger partial charge on any atom is -0.389 e. The third kappa shape index (κ3) is 3.27. The first-order chi connectivity index (χ1) is 8.90. The van der Waals surface area contributed by atoms with Crippen LogP contribution in [0.1, 0.15) is 12.0 Å². The topological polar surface area (TPSA) is 81.4 Å². The van der Waals surface area contributed by atoms with E-state index < -0.39 is 15.8 Å². The molecule has 2 rings (SSSR count). The zero-order valence-electron chi connectivity index (χ0n) is 9.93. The van der Waals surface area contributed by atoms with E-state index in [1.807, 2.05) is 0 Å². The Balaban J connectivity index is 2.29. The molecular formula is C11H13FN2O3S2. The van der Waals surface area contributed by atoms with Crippen LogP contribution < -0.4 is 10.5 Å². The van der Waals surface area contributed by atoms with Gasteiger partial charge in [-0.3, -0.25) is 0 Å². The lowest BCUT2D eigenvalue weighted by Crippen LogP contribution is -2.35. The maximum Gasteiger partial charge on any atom is 0.240 e. The smallest absolute Gasteiger partial charge is 0.240 e. The Kier molecular flexibility index (Phi) is 4.14. The fourth-order valence-electron chi connectivity index (χ4n) is 1.78. The third-order valence-corrected chi connectivity index (χ3v) is 4.50. The zero-order chi connectivity index (χ0) is 14.0. The largest absolute Gasteiger partial charge is 0.389 e. The van der Waals surface area contributed by atoms with Gasteiger partial charge in [0.05, 0.1) is 11.5 Å². The molecule has 3 N–H and O–H groups in total. The molecule has 8 heteroatoms.